The second-order valence-electron chi connectivity index (χ2n) is 9.04. The monoisotopic (exact) mass is 485 g/mol. The summed E-state index contributed by atoms with van der Waals surface area (Å²) in [5.41, 5.74) is 2.02. The molecule has 0 saturated heterocycles. The van der Waals surface area contributed by atoms with Crippen LogP contribution in [0.2, 0.25) is 5.02 Å². The maximum Gasteiger partial charge on any atom is 0.276 e. The fourth-order valence-corrected chi connectivity index (χ4v) is 4.83. The molecule has 4 aromatic rings. The fourth-order valence-electron chi connectivity index (χ4n) is 4.65. The SMILES string of the molecule is Cc1ccc(C)c(N2C(=O)c3cc4cc(Cl)ccc4n3C(=O)[C@@]2(C)C(=O)NCc2ccccc2)c1. The van der Waals surface area contributed by atoms with Crippen molar-refractivity contribution in [2.24, 2.45) is 0 Å². The Kier molecular flexibility index (Phi) is 5.49. The summed E-state index contributed by atoms with van der Waals surface area (Å²) in [5.74, 6) is -1.49. The quantitative estimate of drug-likeness (QED) is 0.399. The topological polar surface area (TPSA) is 71.4 Å². The second kappa shape index (κ2) is 8.40. The number of hydrogen-bond acceptors (Lipinski definition) is 3. The van der Waals surface area contributed by atoms with E-state index in [4.69, 9.17) is 11.6 Å². The number of rotatable bonds is 4. The zero-order valence-corrected chi connectivity index (χ0v) is 20.4. The van der Waals surface area contributed by atoms with Gasteiger partial charge < -0.3 is 5.32 Å². The van der Waals surface area contributed by atoms with Gasteiger partial charge >= 0.3 is 0 Å². The highest BCUT2D eigenvalue weighted by atomic mass is 35.5. The maximum absolute atomic E-state index is 14.2. The molecule has 1 aliphatic rings. The van der Waals surface area contributed by atoms with E-state index in [-0.39, 0.29) is 12.2 Å². The molecule has 7 heteroatoms. The lowest BCUT2D eigenvalue weighted by Crippen LogP contribution is -2.68. The number of aryl methyl sites for hydroxylation is 2. The molecule has 2 amide bonds. The normalized spacial score (nSPS) is 17.5. The van der Waals surface area contributed by atoms with Gasteiger partial charge in [-0.05, 0) is 67.8 Å². The molecule has 6 nitrogen and oxygen atoms in total. The molecule has 5 rings (SSSR count). The highest BCUT2D eigenvalue weighted by molar-refractivity contribution is 6.32. The molecule has 3 aromatic carbocycles. The Labute approximate surface area is 208 Å². The van der Waals surface area contributed by atoms with Crippen LogP contribution in [0, 0.1) is 13.8 Å². The minimum atomic E-state index is -1.82. The third-order valence-corrected chi connectivity index (χ3v) is 6.83. The van der Waals surface area contributed by atoms with E-state index in [9.17, 15) is 14.4 Å². The average molecular weight is 486 g/mol. The van der Waals surface area contributed by atoms with Gasteiger partial charge in [-0.15, -0.1) is 0 Å². The van der Waals surface area contributed by atoms with Crippen molar-refractivity contribution >= 4 is 45.9 Å². The summed E-state index contributed by atoms with van der Waals surface area (Å²) >= 11 is 6.17. The molecule has 0 saturated carbocycles. The van der Waals surface area contributed by atoms with E-state index < -0.39 is 23.3 Å². The van der Waals surface area contributed by atoms with Gasteiger partial charge in [0.15, 0.2) is 0 Å². The van der Waals surface area contributed by atoms with E-state index in [0.717, 1.165) is 16.7 Å². The molecular formula is C28H24ClN3O3. The van der Waals surface area contributed by atoms with E-state index in [2.05, 4.69) is 5.32 Å². The number of amides is 2. The summed E-state index contributed by atoms with van der Waals surface area (Å²) in [4.78, 5) is 43.3. The largest absolute Gasteiger partial charge is 0.350 e. The number of anilines is 1. The summed E-state index contributed by atoms with van der Waals surface area (Å²) in [6.45, 7) is 5.51. The Hall–Kier alpha value is -3.90. The number of carbonyl (C=O) groups is 3. The summed E-state index contributed by atoms with van der Waals surface area (Å²) in [7, 11) is 0. The molecule has 0 unspecified atom stereocenters. The Morgan fingerprint density at radius 1 is 0.971 bits per heavy atom. The smallest absolute Gasteiger partial charge is 0.276 e. The first-order chi connectivity index (χ1) is 16.7. The van der Waals surface area contributed by atoms with Gasteiger partial charge in [-0.2, -0.15) is 0 Å². The van der Waals surface area contributed by atoms with Gasteiger partial charge in [0.05, 0.1) is 5.52 Å². The molecule has 1 aromatic heterocycles. The minimum Gasteiger partial charge on any atom is -0.350 e. The number of benzene rings is 3. The van der Waals surface area contributed by atoms with Crippen LogP contribution in [0.15, 0.2) is 72.8 Å². The molecule has 1 atom stereocenters. The molecule has 0 fully saturated rings. The van der Waals surface area contributed by atoms with Crippen molar-refractivity contribution in [3.63, 3.8) is 0 Å². The molecule has 0 bridgehead atoms. The molecule has 0 spiro atoms. The first kappa shape index (κ1) is 22.9. The standard InChI is InChI=1S/C28H24ClN3O3/c1-17-9-10-18(2)23(13-17)32-25(33)24-15-20-14-21(29)11-12-22(20)31(24)27(35)28(32,3)26(34)30-16-19-7-5-4-6-8-19/h4-15H,16H2,1-3H3,(H,30,34)/t28-/m1/s1. The van der Waals surface area contributed by atoms with Gasteiger partial charge in [0.25, 0.3) is 17.7 Å². The molecule has 1 N–H and O–H groups in total. The molecule has 0 aliphatic carbocycles. The first-order valence-corrected chi connectivity index (χ1v) is 11.7. The predicted octanol–water partition coefficient (Wildman–Crippen LogP) is 5.29. The Morgan fingerprint density at radius 2 is 1.71 bits per heavy atom. The lowest BCUT2D eigenvalue weighted by molar-refractivity contribution is -0.124. The number of nitrogens with one attached hydrogen (secondary N) is 1. The number of halogens is 1. The van der Waals surface area contributed by atoms with Gasteiger partial charge in [-0.3, -0.25) is 23.9 Å². The number of hydrogen-bond donors (Lipinski definition) is 1. The van der Waals surface area contributed by atoms with E-state index in [1.807, 2.05) is 62.4 Å². The van der Waals surface area contributed by atoms with Crippen LogP contribution >= 0.6 is 11.6 Å². The molecule has 0 radical (unpaired) electrons. The maximum atomic E-state index is 14.2. The van der Waals surface area contributed by atoms with Crippen LogP contribution in [0.3, 0.4) is 0 Å². The van der Waals surface area contributed by atoms with Crippen LogP contribution in [0.5, 0.6) is 0 Å². The molecule has 1 aliphatic heterocycles. The zero-order chi connectivity index (χ0) is 24.9. The third-order valence-electron chi connectivity index (χ3n) is 6.60. The fraction of sp³-hybridized carbons (Fsp3) is 0.179. The van der Waals surface area contributed by atoms with Gasteiger partial charge in [0.2, 0.25) is 5.54 Å². The molecular weight excluding hydrogens is 462 g/mol. The number of carbonyl (C=O) groups excluding carboxylic acids is 3. The third kappa shape index (κ3) is 3.61. The summed E-state index contributed by atoms with van der Waals surface area (Å²) in [5, 5.41) is 4.04. The van der Waals surface area contributed by atoms with Crippen LogP contribution < -0.4 is 10.2 Å². The summed E-state index contributed by atoms with van der Waals surface area (Å²) in [6.07, 6.45) is 0. The predicted molar refractivity (Wildman–Crippen MR) is 137 cm³/mol. The van der Waals surface area contributed by atoms with Crippen molar-refractivity contribution in [1.82, 2.24) is 9.88 Å². The van der Waals surface area contributed by atoms with Crippen LogP contribution in [0.4, 0.5) is 5.69 Å². The average Bonchev–Trinajstić information content (AvgIpc) is 3.22. The summed E-state index contributed by atoms with van der Waals surface area (Å²) < 4.78 is 1.34. The molecule has 35 heavy (non-hydrogen) atoms. The zero-order valence-electron chi connectivity index (χ0n) is 19.6. The van der Waals surface area contributed by atoms with Crippen LogP contribution in [-0.4, -0.2) is 27.8 Å². The Morgan fingerprint density at radius 3 is 2.46 bits per heavy atom. The van der Waals surface area contributed by atoms with Gasteiger partial charge in [-0.25, -0.2) is 0 Å². The number of aromatic nitrogens is 1. The van der Waals surface area contributed by atoms with Gasteiger partial charge in [0.1, 0.15) is 5.69 Å². The van der Waals surface area contributed by atoms with E-state index in [0.29, 0.717) is 21.6 Å². The molecule has 2 heterocycles. The van der Waals surface area contributed by atoms with Crippen molar-refractivity contribution in [3.8, 4) is 0 Å². The van der Waals surface area contributed by atoms with Gasteiger partial charge in [-0.1, -0.05) is 54.1 Å². The highest BCUT2D eigenvalue weighted by Crippen LogP contribution is 2.38. The lowest BCUT2D eigenvalue weighted by atomic mass is 9.91. The Bertz CT molecular complexity index is 1510. The van der Waals surface area contributed by atoms with Crippen LogP contribution in [0.25, 0.3) is 10.9 Å². The van der Waals surface area contributed by atoms with Crippen molar-refractivity contribution in [2.45, 2.75) is 32.9 Å². The van der Waals surface area contributed by atoms with E-state index in [1.165, 1.54) is 16.4 Å². The van der Waals surface area contributed by atoms with Crippen LogP contribution in [-0.2, 0) is 11.3 Å². The molecule has 176 valence electrons. The lowest BCUT2D eigenvalue weighted by Gasteiger charge is -2.42. The number of nitrogens with zero attached hydrogens (tertiary/aromatic N) is 2. The van der Waals surface area contributed by atoms with Crippen molar-refractivity contribution in [3.05, 3.63) is 100 Å². The summed E-state index contributed by atoms with van der Waals surface area (Å²) in [6, 6.07) is 21.8. The van der Waals surface area contributed by atoms with Crippen molar-refractivity contribution in [1.29, 1.82) is 0 Å². The minimum absolute atomic E-state index is 0.196. The highest BCUT2D eigenvalue weighted by Gasteiger charge is 2.55. The van der Waals surface area contributed by atoms with Gasteiger partial charge in [0, 0.05) is 22.6 Å². The van der Waals surface area contributed by atoms with E-state index >= 15 is 0 Å². The van der Waals surface area contributed by atoms with Crippen LogP contribution in [0.1, 0.15) is 38.9 Å². The van der Waals surface area contributed by atoms with Crippen molar-refractivity contribution in [2.75, 3.05) is 4.90 Å². The van der Waals surface area contributed by atoms with E-state index in [1.54, 1.807) is 24.3 Å². The van der Waals surface area contributed by atoms with Crippen molar-refractivity contribution < 1.29 is 14.4 Å². The second-order valence-corrected chi connectivity index (χ2v) is 9.48. The number of fused-ring (bicyclic) bond motifs is 3. The first-order valence-electron chi connectivity index (χ1n) is 11.3. The Balaban J connectivity index is 1.69.